The van der Waals surface area contributed by atoms with Crippen LogP contribution in [-0.4, -0.2) is 17.4 Å². The Balaban J connectivity index is 1.90. The summed E-state index contributed by atoms with van der Waals surface area (Å²) in [5, 5.41) is 6.96. The third-order valence-electron chi connectivity index (χ3n) is 2.80. The standard InChI is InChI=1S/C12H19N3OS/c1-8(2)3-4-11(16)15-12-14-9-5-6-13-7-10(9)17-12/h8,13H,3-7H2,1-2H3,(H,14,15,16). The Bertz CT molecular complexity index is 377. The number of thiazole rings is 1. The summed E-state index contributed by atoms with van der Waals surface area (Å²) in [6, 6.07) is 0. The van der Waals surface area contributed by atoms with Crippen molar-refractivity contribution in [3.8, 4) is 0 Å². The van der Waals surface area contributed by atoms with Crippen molar-refractivity contribution in [3.05, 3.63) is 10.6 Å². The molecular weight excluding hydrogens is 234 g/mol. The van der Waals surface area contributed by atoms with Gasteiger partial charge in [-0.1, -0.05) is 13.8 Å². The van der Waals surface area contributed by atoms with Crippen molar-refractivity contribution >= 4 is 22.4 Å². The molecule has 0 unspecified atom stereocenters. The minimum Gasteiger partial charge on any atom is -0.311 e. The fourth-order valence-electron chi connectivity index (χ4n) is 1.78. The van der Waals surface area contributed by atoms with Gasteiger partial charge in [0.25, 0.3) is 0 Å². The van der Waals surface area contributed by atoms with Crippen LogP contribution >= 0.6 is 11.3 Å². The summed E-state index contributed by atoms with van der Waals surface area (Å²) in [5.41, 5.74) is 1.15. The first-order valence-electron chi connectivity index (χ1n) is 6.14. The zero-order chi connectivity index (χ0) is 12.3. The Morgan fingerprint density at radius 2 is 2.41 bits per heavy atom. The van der Waals surface area contributed by atoms with E-state index in [0.29, 0.717) is 12.3 Å². The lowest BCUT2D eigenvalue weighted by atomic mass is 10.1. The van der Waals surface area contributed by atoms with E-state index in [1.54, 1.807) is 11.3 Å². The smallest absolute Gasteiger partial charge is 0.226 e. The number of nitrogens with zero attached hydrogens (tertiary/aromatic N) is 1. The molecule has 2 rings (SSSR count). The summed E-state index contributed by atoms with van der Waals surface area (Å²) in [6.07, 6.45) is 2.48. The molecule has 1 aliphatic heterocycles. The van der Waals surface area contributed by atoms with E-state index in [2.05, 4.69) is 29.5 Å². The lowest BCUT2D eigenvalue weighted by molar-refractivity contribution is -0.116. The van der Waals surface area contributed by atoms with Crippen molar-refractivity contribution in [1.82, 2.24) is 10.3 Å². The van der Waals surface area contributed by atoms with Gasteiger partial charge in [0.1, 0.15) is 0 Å². The maximum absolute atomic E-state index is 11.7. The van der Waals surface area contributed by atoms with Gasteiger partial charge in [-0.3, -0.25) is 4.79 Å². The lowest BCUT2D eigenvalue weighted by Gasteiger charge is -2.09. The zero-order valence-corrected chi connectivity index (χ0v) is 11.2. The molecule has 94 valence electrons. The van der Waals surface area contributed by atoms with Gasteiger partial charge in [0.15, 0.2) is 5.13 Å². The van der Waals surface area contributed by atoms with E-state index < -0.39 is 0 Å². The first kappa shape index (κ1) is 12.5. The molecule has 1 aliphatic rings. The molecule has 0 aromatic carbocycles. The number of carbonyl (C=O) groups is 1. The van der Waals surface area contributed by atoms with Crippen LogP contribution in [0.3, 0.4) is 0 Å². The molecule has 1 aromatic heterocycles. The van der Waals surface area contributed by atoms with Crippen LogP contribution < -0.4 is 10.6 Å². The van der Waals surface area contributed by atoms with E-state index in [-0.39, 0.29) is 5.91 Å². The minimum atomic E-state index is 0.0813. The van der Waals surface area contributed by atoms with Crippen LogP contribution in [0, 0.1) is 5.92 Å². The molecule has 4 nitrogen and oxygen atoms in total. The summed E-state index contributed by atoms with van der Waals surface area (Å²) >= 11 is 1.59. The van der Waals surface area contributed by atoms with Crippen molar-refractivity contribution in [2.45, 2.75) is 39.7 Å². The maximum Gasteiger partial charge on any atom is 0.226 e. The summed E-state index contributed by atoms with van der Waals surface area (Å²) < 4.78 is 0. The summed E-state index contributed by atoms with van der Waals surface area (Å²) in [4.78, 5) is 17.4. The van der Waals surface area contributed by atoms with E-state index in [0.717, 1.165) is 36.8 Å². The second kappa shape index (κ2) is 5.60. The van der Waals surface area contributed by atoms with Crippen molar-refractivity contribution in [2.75, 3.05) is 11.9 Å². The predicted octanol–water partition coefficient (Wildman–Crippen LogP) is 2.16. The highest BCUT2D eigenvalue weighted by Gasteiger charge is 2.15. The largest absolute Gasteiger partial charge is 0.311 e. The zero-order valence-electron chi connectivity index (χ0n) is 10.4. The van der Waals surface area contributed by atoms with Crippen LogP contribution in [0.1, 0.15) is 37.3 Å². The normalized spacial score (nSPS) is 14.8. The SMILES string of the molecule is CC(C)CCC(=O)Nc1nc2c(s1)CNCC2. The first-order chi connectivity index (χ1) is 8.15. The predicted molar refractivity (Wildman–Crippen MR) is 70.2 cm³/mol. The molecular formula is C12H19N3OS. The topological polar surface area (TPSA) is 54.0 Å². The molecule has 2 N–H and O–H groups in total. The minimum absolute atomic E-state index is 0.0813. The van der Waals surface area contributed by atoms with Crippen LogP contribution in [0.5, 0.6) is 0 Å². The quantitative estimate of drug-likeness (QED) is 0.864. The fourth-order valence-corrected chi connectivity index (χ4v) is 2.77. The highest BCUT2D eigenvalue weighted by molar-refractivity contribution is 7.15. The van der Waals surface area contributed by atoms with E-state index in [1.165, 1.54) is 4.88 Å². The van der Waals surface area contributed by atoms with E-state index in [9.17, 15) is 4.79 Å². The Kier molecular flexibility index (Phi) is 4.12. The first-order valence-corrected chi connectivity index (χ1v) is 6.96. The maximum atomic E-state index is 11.7. The molecule has 0 spiro atoms. The highest BCUT2D eigenvalue weighted by atomic mass is 32.1. The van der Waals surface area contributed by atoms with Crippen molar-refractivity contribution in [3.63, 3.8) is 0 Å². The van der Waals surface area contributed by atoms with Gasteiger partial charge in [0.2, 0.25) is 5.91 Å². The highest BCUT2D eigenvalue weighted by Crippen LogP contribution is 2.25. The molecule has 0 bridgehead atoms. The van der Waals surface area contributed by atoms with Crippen molar-refractivity contribution in [1.29, 1.82) is 0 Å². The van der Waals surface area contributed by atoms with Crippen LogP contribution in [-0.2, 0) is 17.8 Å². The number of nitrogens with one attached hydrogen (secondary N) is 2. The van der Waals surface area contributed by atoms with Gasteiger partial charge in [0, 0.05) is 30.8 Å². The number of hydrogen-bond donors (Lipinski definition) is 2. The molecule has 1 amide bonds. The summed E-state index contributed by atoms with van der Waals surface area (Å²) in [5.74, 6) is 0.646. The molecule has 0 saturated carbocycles. The number of rotatable bonds is 4. The summed E-state index contributed by atoms with van der Waals surface area (Å²) in [7, 11) is 0. The van der Waals surface area contributed by atoms with Gasteiger partial charge in [-0.05, 0) is 12.3 Å². The van der Waals surface area contributed by atoms with Gasteiger partial charge in [0.05, 0.1) is 5.69 Å². The molecule has 0 fully saturated rings. The van der Waals surface area contributed by atoms with E-state index in [1.807, 2.05) is 0 Å². The van der Waals surface area contributed by atoms with Crippen LogP contribution in [0.4, 0.5) is 5.13 Å². The Morgan fingerprint density at radius 3 is 3.12 bits per heavy atom. The van der Waals surface area contributed by atoms with Gasteiger partial charge in [-0.25, -0.2) is 4.98 Å². The van der Waals surface area contributed by atoms with Gasteiger partial charge < -0.3 is 10.6 Å². The van der Waals surface area contributed by atoms with Gasteiger partial charge in [-0.2, -0.15) is 0 Å². The third-order valence-corrected chi connectivity index (χ3v) is 3.81. The van der Waals surface area contributed by atoms with Crippen molar-refractivity contribution < 1.29 is 4.79 Å². The van der Waals surface area contributed by atoms with Crippen molar-refractivity contribution in [2.24, 2.45) is 5.92 Å². The Hall–Kier alpha value is -0.940. The lowest BCUT2D eigenvalue weighted by Crippen LogP contribution is -2.22. The second-order valence-corrected chi connectivity index (χ2v) is 5.88. The van der Waals surface area contributed by atoms with Crippen LogP contribution in [0.25, 0.3) is 0 Å². The Morgan fingerprint density at radius 1 is 1.59 bits per heavy atom. The number of aromatic nitrogens is 1. The number of anilines is 1. The molecule has 0 saturated heterocycles. The van der Waals surface area contributed by atoms with E-state index >= 15 is 0 Å². The van der Waals surface area contributed by atoms with Gasteiger partial charge >= 0.3 is 0 Å². The van der Waals surface area contributed by atoms with Crippen LogP contribution in [0.2, 0.25) is 0 Å². The number of amides is 1. The number of hydrogen-bond acceptors (Lipinski definition) is 4. The van der Waals surface area contributed by atoms with E-state index in [4.69, 9.17) is 0 Å². The average Bonchev–Trinajstić information content (AvgIpc) is 2.68. The van der Waals surface area contributed by atoms with Gasteiger partial charge in [-0.15, -0.1) is 11.3 Å². The average molecular weight is 253 g/mol. The molecule has 0 aliphatic carbocycles. The third kappa shape index (κ3) is 3.51. The van der Waals surface area contributed by atoms with Crippen LogP contribution in [0.15, 0.2) is 0 Å². The molecule has 17 heavy (non-hydrogen) atoms. The molecule has 1 aromatic rings. The number of carbonyl (C=O) groups excluding carboxylic acids is 1. The second-order valence-electron chi connectivity index (χ2n) is 4.80. The molecule has 2 heterocycles. The molecule has 0 atom stereocenters. The Labute approximate surface area is 106 Å². The molecule has 5 heteroatoms. The summed E-state index contributed by atoms with van der Waals surface area (Å²) in [6.45, 7) is 6.12. The fraction of sp³-hybridized carbons (Fsp3) is 0.667. The number of fused-ring (bicyclic) bond motifs is 1. The monoisotopic (exact) mass is 253 g/mol. The molecule has 0 radical (unpaired) electrons.